The maximum absolute atomic E-state index is 13.4. The van der Waals surface area contributed by atoms with E-state index in [0.29, 0.717) is 51.4 Å². The molecule has 6 rings (SSSR count). The van der Waals surface area contributed by atoms with E-state index in [1.807, 2.05) is 48.5 Å². The Hall–Kier alpha value is -4.85. The Labute approximate surface area is 295 Å². The van der Waals surface area contributed by atoms with Gasteiger partial charge in [0, 0.05) is 18.6 Å². The molecule has 0 fully saturated rings. The second-order valence-electron chi connectivity index (χ2n) is 14.6. The smallest absolute Gasteiger partial charge is 0.261 e. The lowest BCUT2D eigenvalue weighted by atomic mass is 9.78. The molecule has 0 saturated carbocycles. The van der Waals surface area contributed by atoms with Gasteiger partial charge < -0.3 is 13.6 Å². The molecular formula is C39H42N2O7Si2. The fourth-order valence-corrected chi connectivity index (χ4v) is 14.3. The normalized spacial score (nSPS) is 14.7. The topological polar surface area (TPSA) is 102 Å². The molecule has 9 nitrogen and oxygen atoms in total. The van der Waals surface area contributed by atoms with Crippen LogP contribution in [0.4, 0.5) is 0 Å². The second kappa shape index (κ2) is 12.8. The standard InChI is InChI=1S/C39H42N2O7Si2/c1-9-49(5,6)48-50(7,8)24-41-37(44)32-21-19-30(23-34(32)38(41)45)47-28-16-12-26(13-17-28)39(2,3)25-10-14-27(15-11-25)46-29-18-20-31-33(22-29)36(43)40(4)35(31)42/h10-23H,9,24H2,1-8H3. The van der Waals surface area contributed by atoms with Gasteiger partial charge in [-0.2, -0.15) is 0 Å². The lowest BCUT2D eigenvalue weighted by molar-refractivity contribution is 0.0665. The van der Waals surface area contributed by atoms with E-state index < -0.39 is 16.6 Å². The molecule has 0 unspecified atom stereocenters. The van der Waals surface area contributed by atoms with E-state index in [-0.39, 0.29) is 29.0 Å². The van der Waals surface area contributed by atoms with Crippen LogP contribution in [-0.2, 0) is 9.53 Å². The summed E-state index contributed by atoms with van der Waals surface area (Å²) < 4.78 is 18.7. The van der Waals surface area contributed by atoms with Crippen molar-refractivity contribution in [2.45, 2.75) is 58.4 Å². The number of hydrogen-bond acceptors (Lipinski definition) is 7. The first-order valence-electron chi connectivity index (χ1n) is 16.7. The number of amides is 4. The summed E-state index contributed by atoms with van der Waals surface area (Å²) in [7, 11) is -2.69. The summed E-state index contributed by atoms with van der Waals surface area (Å²) in [6.07, 6.45) is 0.316. The molecule has 4 amide bonds. The minimum atomic E-state index is -2.31. The zero-order chi connectivity index (χ0) is 36.2. The first kappa shape index (κ1) is 35.0. The molecule has 0 N–H and O–H groups in total. The van der Waals surface area contributed by atoms with E-state index in [0.717, 1.165) is 22.1 Å². The molecule has 0 atom stereocenters. The molecule has 2 aliphatic rings. The van der Waals surface area contributed by atoms with E-state index in [1.165, 1.54) is 11.9 Å². The van der Waals surface area contributed by atoms with Crippen molar-refractivity contribution < 1.29 is 32.8 Å². The highest BCUT2D eigenvalue weighted by Crippen LogP contribution is 2.36. The summed E-state index contributed by atoms with van der Waals surface area (Å²) in [5.74, 6) is 0.930. The summed E-state index contributed by atoms with van der Waals surface area (Å²) >= 11 is 0. The van der Waals surface area contributed by atoms with Crippen molar-refractivity contribution in [2.24, 2.45) is 0 Å². The maximum atomic E-state index is 13.4. The average molecular weight is 707 g/mol. The zero-order valence-corrected chi connectivity index (χ0v) is 31.7. The van der Waals surface area contributed by atoms with Crippen molar-refractivity contribution in [2.75, 3.05) is 13.2 Å². The first-order valence-corrected chi connectivity index (χ1v) is 23.0. The van der Waals surface area contributed by atoms with Crippen LogP contribution >= 0.6 is 0 Å². The number of benzene rings is 4. The third kappa shape index (κ3) is 6.68. The van der Waals surface area contributed by atoms with E-state index in [2.05, 4.69) is 47.0 Å². The average Bonchev–Trinajstić information content (AvgIpc) is 3.43. The number of ether oxygens (including phenoxy) is 2. The Bertz CT molecular complexity index is 2020. The minimum Gasteiger partial charge on any atom is -0.457 e. The number of carbonyl (C=O) groups is 4. The Kier molecular flexibility index (Phi) is 8.96. The van der Waals surface area contributed by atoms with E-state index >= 15 is 0 Å². The Morgan fingerprint density at radius 3 is 1.44 bits per heavy atom. The van der Waals surface area contributed by atoms with Gasteiger partial charge in [0.05, 0.1) is 22.3 Å². The van der Waals surface area contributed by atoms with E-state index in [9.17, 15) is 19.2 Å². The van der Waals surface area contributed by atoms with Crippen LogP contribution in [-0.4, -0.2) is 63.3 Å². The summed E-state index contributed by atoms with van der Waals surface area (Å²) in [4.78, 5) is 53.6. The Morgan fingerprint density at radius 1 is 0.560 bits per heavy atom. The highest BCUT2D eigenvalue weighted by Gasteiger charge is 2.42. The molecular weight excluding hydrogens is 665 g/mol. The number of carbonyl (C=O) groups excluding carboxylic acids is 4. The van der Waals surface area contributed by atoms with Gasteiger partial charge >= 0.3 is 0 Å². The number of fused-ring (bicyclic) bond motifs is 2. The first-order chi connectivity index (χ1) is 23.5. The second-order valence-corrected chi connectivity index (χ2v) is 23.5. The summed E-state index contributed by atoms with van der Waals surface area (Å²) in [5, 5.41) is 0. The van der Waals surface area contributed by atoms with Crippen molar-refractivity contribution >= 4 is 40.3 Å². The van der Waals surface area contributed by atoms with Gasteiger partial charge in [-0.15, -0.1) is 0 Å². The molecule has 0 radical (unpaired) electrons. The van der Waals surface area contributed by atoms with E-state index in [1.54, 1.807) is 36.4 Å². The Morgan fingerprint density at radius 2 is 0.960 bits per heavy atom. The lowest BCUT2D eigenvalue weighted by Crippen LogP contribution is -2.52. The van der Waals surface area contributed by atoms with Gasteiger partial charge in [0.2, 0.25) is 0 Å². The third-order valence-electron chi connectivity index (χ3n) is 9.57. The fourth-order valence-electron chi connectivity index (χ4n) is 6.43. The van der Waals surface area contributed by atoms with Crippen molar-refractivity contribution in [1.82, 2.24) is 9.80 Å². The summed E-state index contributed by atoms with van der Waals surface area (Å²) in [5.41, 5.74) is 3.24. The van der Waals surface area contributed by atoms with Crippen LogP contribution < -0.4 is 9.47 Å². The molecule has 0 aliphatic carbocycles. The molecule has 2 heterocycles. The van der Waals surface area contributed by atoms with Gasteiger partial charge in [-0.3, -0.25) is 29.0 Å². The van der Waals surface area contributed by atoms with Crippen molar-refractivity contribution in [3.8, 4) is 23.0 Å². The molecule has 0 bridgehead atoms. The quantitative estimate of drug-likeness (QED) is 0.114. The third-order valence-corrected chi connectivity index (χ3v) is 16.8. The van der Waals surface area contributed by atoms with Crippen LogP contribution in [0.25, 0.3) is 0 Å². The molecule has 50 heavy (non-hydrogen) atoms. The molecule has 258 valence electrons. The monoisotopic (exact) mass is 706 g/mol. The number of rotatable bonds is 11. The molecule has 0 spiro atoms. The molecule has 0 saturated heterocycles. The molecule has 4 aromatic carbocycles. The Balaban J connectivity index is 1.11. The van der Waals surface area contributed by atoms with Crippen molar-refractivity contribution in [3.63, 3.8) is 0 Å². The molecule has 4 aromatic rings. The number of nitrogens with zero attached hydrogens (tertiary/aromatic N) is 2. The van der Waals surface area contributed by atoms with Gasteiger partial charge in [-0.05, 0) is 104 Å². The van der Waals surface area contributed by atoms with Gasteiger partial charge in [-0.25, -0.2) is 0 Å². The van der Waals surface area contributed by atoms with Crippen LogP contribution in [0.5, 0.6) is 23.0 Å². The highest BCUT2D eigenvalue weighted by molar-refractivity contribution is 6.85. The van der Waals surface area contributed by atoms with Crippen molar-refractivity contribution in [3.05, 3.63) is 118 Å². The predicted molar refractivity (Wildman–Crippen MR) is 196 cm³/mol. The summed E-state index contributed by atoms with van der Waals surface area (Å²) in [6, 6.07) is 26.5. The summed E-state index contributed by atoms with van der Waals surface area (Å²) in [6.45, 7) is 14.9. The zero-order valence-electron chi connectivity index (χ0n) is 29.7. The molecule has 2 aliphatic heterocycles. The van der Waals surface area contributed by atoms with Gasteiger partial charge in [-0.1, -0.05) is 45.0 Å². The van der Waals surface area contributed by atoms with Crippen molar-refractivity contribution in [1.29, 1.82) is 0 Å². The van der Waals surface area contributed by atoms with Crippen LogP contribution in [0.1, 0.15) is 73.3 Å². The van der Waals surface area contributed by atoms with Crippen LogP contribution in [0.15, 0.2) is 84.9 Å². The predicted octanol–water partition coefficient (Wildman–Crippen LogP) is 8.40. The molecule has 0 aromatic heterocycles. The van der Waals surface area contributed by atoms with Gasteiger partial charge in [0.15, 0.2) is 16.6 Å². The molecule has 11 heteroatoms. The van der Waals surface area contributed by atoms with Crippen LogP contribution in [0.2, 0.25) is 32.2 Å². The SMILES string of the molecule is CC[Si](C)(C)O[Si](C)(C)CN1C(=O)c2ccc(Oc3ccc(C(C)(C)c4ccc(Oc5ccc6c(c5)C(=O)N(C)C6=O)cc4)cc3)cc2C1=O. The van der Waals surface area contributed by atoms with Crippen LogP contribution in [0.3, 0.4) is 0 Å². The number of imide groups is 2. The van der Waals surface area contributed by atoms with Crippen LogP contribution in [0, 0.1) is 0 Å². The minimum absolute atomic E-state index is 0.284. The lowest BCUT2D eigenvalue weighted by Gasteiger charge is -2.35. The van der Waals surface area contributed by atoms with E-state index in [4.69, 9.17) is 13.6 Å². The largest absolute Gasteiger partial charge is 0.457 e. The highest BCUT2D eigenvalue weighted by atomic mass is 28.4. The maximum Gasteiger partial charge on any atom is 0.261 e. The van der Waals surface area contributed by atoms with Gasteiger partial charge in [0.25, 0.3) is 23.6 Å². The fraction of sp³-hybridized carbons (Fsp3) is 0.282. The number of hydrogen-bond donors (Lipinski definition) is 0. The van der Waals surface area contributed by atoms with Gasteiger partial charge in [0.1, 0.15) is 23.0 Å².